The molecule has 0 aromatic heterocycles. The molecular weight excluding hydrogens is 528 g/mol. The summed E-state index contributed by atoms with van der Waals surface area (Å²) in [6.07, 6.45) is -0.161. The molecular formula is C31H28N2O6S. The predicted octanol–water partition coefficient (Wildman–Crippen LogP) is 5.96. The maximum Gasteiger partial charge on any atom is 0.265 e. The fourth-order valence-electron chi connectivity index (χ4n) is 5.39. The van der Waals surface area contributed by atoms with Gasteiger partial charge in [0.15, 0.2) is 5.78 Å². The monoisotopic (exact) mass is 556 g/mol. The first-order chi connectivity index (χ1) is 19.2. The third kappa shape index (κ3) is 4.96. The topological polar surface area (TPSA) is 107 Å². The summed E-state index contributed by atoms with van der Waals surface area (Å²) in [6, 6.07) is 25.6. The lowest BCUT2D eigenvalue weighted by atomic mass is 9.77. The molecule has 1 aliphatic heterocycles. The van der Waals surface area contributed by atoms with Crippen molar-refractivity contribution in [2.75, 3.05) is 11.4 Å². The van der Waals surface area contributed by atoms with E-state index in [1.165, 1.54) is 19.2 Å². The van der Waals surface area contributed by atoms with Crippen LogP contribution in [0.25, 0.3) is 0 Å². The van der Waals surface area contributed by atoms with Gasteiger partial charge in [-0.2, -0.15) is 0 Å². The second-order valence-electron chi connectivity index (χ2n) is 9.77. The largest absolute Gasteiger partial charge is 0.497 e. The summed E-state index contributed by atoms with van der Waals surface area (Å²) in [5.41, 5.74) is 2.45. The van der Waals surface area contributed by atoms with E-state index in [-0.39, 0.29) is 17.1 Å². The van der Waals surface area contributed by atoms with E-state index in [0.29, 0.717) is 28.1 Å². The zero-order chi connectivity index (χ0) is 28.4. The van der Waals surface area contributed by atoms with Gasteiger partial charge in [0.25, 0.3) is 10.0 Å². The first-order valence-corrected chi connectivity index (χ1v) is 14.2. The molecule has 40 heavy (non-hydrogen) atoms. The van der Waals surface area contributed by atoms with Gasteiger partial charge in [0.1, 0.15) is 11.8 Å². The first-order valence-electron chi connectivity index (χ1n) is 12.8. The summed E-state index contributed by atoms with van der Waals surface area (Å²) in [7, 11) is -2.80. The number of sulfonamides is 1. The number of para-hydroxylation sites is 1. The summed E-state index contributed by atoms with van der Waals surface area (Å²) in [4.78, 5) is 25.9. The molecule has 0 saturated carbocycles. The fraction of sp³-hybridized carbons (Fsp3) is 0.194. The van der Waals surface area contributed by atoms with Crippen LogP contribution in [0, 0.1) is 17.0 Å². The van der Waals surface area contributed by atoms with Crippen molar-refractivity contribution in [1.29, 1.82) is 0 Å². The Morgan fingerprint density at radius 3 is 2.27 bits per heavy atom. The molecule has 0 N–H and O–H groups in total. The van der Waals surface area contributed by atoms with Gasteiger partial charge in [0.05, 0.1) is 23.6 Å². The summed E-state index contributed by atoms with van der Waals surface area (Å²) < 4.78 is 35.2. The summed E-state index contributed by atoms with van der Waals surface area (Å²) in [5.74, 6) is -0.714. The molecule has 0 amide bonds. The number of rotatable bonds is 8. The van der Waals surface area contributed by atoms with E-state index in [1.54, 1.807) is 91.0 Å². The van der Waals surface area contributed by atoms with Gasteiger partial charge in [0, 0.05) is 16.9 Å². The lowest BCUT2D eigenvalue weighted by Gasteiger charge is -2.42. The third-order valence-corrected chi connectivity index (χ3v) is 9.13. The van der Waals surface area contributed by atoms with E-state index < -0.39 is 32.9 Å². The van der Waals surface area contributed by atoms with E-state index in [0.717, 1.165) is 9.87 Å². The Bertz CT molecular complexity index is 1660. The Kier molecular flexibility index (Phi) is 7.40. The van der Waals surface area contributed by atoms with Crippen LogP contribution in [-0.4, -0.2) is 32.3 Å². The molecule has 0 saturated heterocycles. The van der Waals surface area contributed by atoms with E-state index >= 15 is 0 Å². The lowest BCUT2D eigenvalue weighted by Crippen LogP contribution is -2.50. The average molecular weight is 557 g/mol. The molecule has 3 atom stereocenters. The van der Waals surface area contributed by atoms with E-state index in [4.69, 9.17) is 4.74 Å². The Labute approximate surface area is 233 Å². The smallest absolute Gasteiger partial charge is 0.265 e. The van der Waals surface area contributed by atoms with Crippen molar-refractivity contribution in [3.05, 3.63) is 135 Å². The number of anilines is 1. The molecule has 0 radical (unpaired) electrons. The number of carbonyl (C=O) groups is 1. The molecule has 4 aromatic rings. The van der Waals surface area contributed by atoms with Gasteiger partial charge in [-0.3, -0.25) is 19.2 Å². The molecule has 0 bridgehead atoms. The predicted molar refractivity (Wildman–Crippen MR) is 152 cm³/mol. The van der Waals surface area contributed by atoms with Gasteiger partial charge in [-0.05, 0) is 48.4 Å². The zero-order valence-corrected chi connectivity index (χ0v) is 22.8. The Morgan fingerprint density at radius 1 is 0.925 bits per heavy atom. The molecule has 0 unspecified atom stereocenters. The summed E-state index contributed by atoms with van der Waals surface area (Å²) in [6.45, 7) is 1.85. The average Bonchev–Trinajstić information content (AvgIpc) is 2.97. The fourth-order valence-corrected chi connectivity index (χ4v) is 7.07. The molecule has 1 heterocycles. The van der Waals surface area contributed by atoms with Gasteiger partial charge in [0.2, 0.25) is 6.04 Å². The van der Waals surface area contributed by atoms with Crippen molar-refractivity contribution in [3.8, 4) is 5.75 Å². The highest BCUT2D eigenvalue weighted by Gasteiger charge is 2.53. The molecule has 4 aromatic carbocycles. The van der Waals surface area contributed by atoms with Crippen molar-refractivity contribution in [2.45, 2.75) is 36.2 Å². The van der Waals surface area contributed by atoms with Crippen molar-refractivity contribution in [3.63, 3.8) is 0 Å². The minimum atomic E-state index is -4.28. The molecule has 1 aliphatic rings. The van der Waals surface area contributed by atoms with Crippen LogP contribution in [0.3, 0.4) is 0 Å². The van der Waals surface area contributed by atoms with Crippen molar-refractivity contribution < 1.29 is 22.9 Å². The normalized spacial score (nSPS) is 18.6. The number of fused-ring (bicyclic) bond motifs is 1. The lowest BCUT2D eigenvalue weighted by molar-refractivity contribution is -0.531. The third-order valence-electron chi connectivity index (χ3n) is 7.32. The van der Waals surface area contributed by atoms with Gasteiger partial charge in [-0.25, -0.2) is 8.42 Å². The highest BCUT2D eigenvalue weighted by molar-refractivity contribution is 7.92. The van der Waals surface area contributed by atoms with E-state index in [1.807, 2.05) is 6.92 Å². The number of ether oxygens (including phenoxy) is 1. The second kappa shape index (κ2) is 10.9. The molecule has 0 spiro atoms. The molecule has 5 rings (SSSR count). The second-order valence-corrected chi connectivity index (χ2v) is 11.6. The van der Waals surface area contributed by atoms with Crippen molar-refractivity contribution >= 4 is 21.5 Å². The number of benzene rings is 4. The Balaban J connectivity index is 1.76. The highest BCUT2D eigenvalue weighted by Crippen LogP contribution is 2.50. The number of Topliss-reactive ketones (excluding diaryl/α,β-unsaturated/α-hetero) is 1. The van der Waals surface area contributed by atoms with Crippen LogP contribution in [0.5, 0.6) is 5.75 Å². The van der Waals surface area contributed by atoms with Crippen molar-refractivity contribution in [1.82, 2.24) is 0 Å². The number of aryl methyl sites for hydroxylation is 1. The van der Waals surface area contributed by atoms with Gasteiger partial charge in [-0.15, -0.1) is 0 Å². The molecule has 0 fully saturated rings. The van der Waals surface area contributed by atoms with Gasteiger partial charge >= 0.3 is 0 Å². The highest BCUT2D eigenvalue weighted by atomic mass is 32.2. The molecule has 8 nitrogen and oxygen atoms in total. The molecule has 9 heteroatoms. The number of ketones is 1. The standard InChI is InChI=1S/C31H28N2O6S/c1-21-15-17-25(18-16-21)40(37,38)32-28-14-7-6-13-26(28)27(20-29(34)22-9-4-3-5-10-22)31(33(35)36)30(32)23-11-8-12-24(19-23)39-2/h3-19,27,30-31H,20H2,1-2H3/t27-,30-,31+/m0/s1. The zero-order valence-electron chi connectivity index (χ0n) is 22.0. The van der Waals surface area contributed by atoms with Crippen LogP contribution in [0.1, 0.15) is 45.4 Å². The number of nitro groups is 1. The Hall–Kier alpha value is -4.50. The summed E-state index contributed by atoms with van der Waals surface area (Å²) in [5, 5.41) is 12.9. The van der Waals surface area contributed by atoms with Gasteiger partial charge in [-0.1, -0.05) is 78.4 Å². The van der Waals surface area contributed by atoms with Crippen LogP contribution < -0.4 is 9.04 Å². The maximum absolute atomic E-state index is 14.3. The number of nitrogens with zero attached hydrogens (tertiary/aromatic N) is 2. The number of methoxy groups -OCH3 is 1. The van der Waals surface area contributed by atoms with Crippen LogP contribution in [-0.2, 0) is 10.0 Å². The van der Waals surface area contributed by atoms with Crippen LogP contribution in [0.15, 0.2) is 108 Å². The van der Waals surface area contributed by atoms with E-state index in [2.05, 4.69) is 0 Å². The van der Waals surface area contributed by atoms with Crippen LogP contribution in [0.2, 0.25) is 0 Å². The minimum absolute atomic E-state index is 0.0155. The van der Waals surface area contributed by atoms with E-state index in [9.17, 15) is 23.3 Å². The SMILES string of the molecule is COc1cccc([C@H]2[C@H]([N+](=O)[O-])[C@@H](CC(=O)c3ccccc3)c3ccccc3N2S(=O)(=O)c2ccc(C)cc2)c1. The van der Waals surface area contributed by atoms with Crippen molar-refractivity contribution in [2.24, 2.45) is 0 Å². The Morgan fingerprint density at radius 2 is 1.60 bits per heavy atom. The van der Waals surface area contributed by atoms with Crippen LogP contribution in [0.4, 0.5) is 5.69 Å². The minimum Gasteiger partial charge on any atom is -0.497 e. The summed E-state index contributed by atoms with van der Waals surface area (Å²) >= 11 is 0. The van der Waals surface area contributed by atoms with Crippen LogP contribution >= 0.6 is 0 Å². The number of carbonyl (C=O) groups excluding carboxylic acids is 1. The molecule has 0 aliphatic carbocycles. The first kappa shape index (κ1) is 27.1. The maximum atomic E-state index is 14.3. The molecule has 204 valence electrons. The quantitative estimate of drug-likeness (QED) is 0.151. The number of hydrogen-bond donors (Lipinski definition) is 0. The van der Waals surface area contributed by atoms with Gasteiger partial charge < -0.3 is 4.74 Å². The number of hydrogen-bond acceptors (Lipinski definition) is 6.